The molecule has 0 bridgehead atoms. The Kier molecular flexibility index (Phi) is 2.30. The third kappa shape index (κ3) is 1.64. The molecule has 15 heavy (non-hydrogen) atoms. The molecule has 0 spiro atoms. The Morgan fingerprint density at radius 2 is 2.27 bits per heavy atom. The number of anilines is 2. The number of para-hydroxylation sites is 2. The van der Waals surface area contributed by atoms with Crippen LogP contribution in [0.5, 0.6) is 0 Å². The highest BCUT2D eigenvalue weighted by molar-refractivity contribution is 6.01. The van der Waals surface area contributed by atoms with Gasteiger partial charge in [-0.2, -0.15) is 5.26 Å². The minimum absolute atomic E-state index is 0.0733. The van der Waals surface area contributed by atoms with Crippen molar-refractivity contribution < 1.29 is 4.79 Å². The fraction of sp³-hybridized carbons (Fsp3) is 0.273. The summed E-state index contributed by atoms with van der Waals surface area (Å²) >= 11 is 0. The molecule has 0 saturated heterocycles. The van der Waals surface area contributed by atoms with Crippen LogP contribution in [0.25, 0.3) is 0 Å². The summed E-state index contributed by atoms with van der Waals surface area (Å²) in [6.07, 6.45) is 0. The molecule has 2 rings (SSSR count). The van der Waals surface area contributed by atoms with Crippen molar-refractivity contribution in [3.8, 4) is 6.07 Å². The van der Waals surface area contributed by atoms with Crippen molar-refractivity contribution in [2.24, 2.45) is 0 Å². The maximum Gasteiger partial charge on any atom is 0.243 e. The molecule has 1 aliphatic rings. The molecule has 1 aromatic rings. The summed E-state index contributed by atoms with van der Waals surface area (Å²) in [7, 11) is 0. The highest BCUT2D eigenvalue weighted by atomic mass is 16.2. The van der Waals surface area contributed by atoms with Crippen LogP contribution >= 0.6 is 0 Å². The summed E-state index contributed by atoms with van der Waals surface area (Å²) in [6.45, 7) is 2.03. The average molecular weight is 201 g/mol. The number of hydrogen-bond donors (Lipinski definition) is 1. The van der Waals surface area contributed by atoms with Crippen molar-refractivity contribution in [2.75, 3.05) is 16.8 Å². The summed E-state index contributed by atoms with van der Waals surface area (Å²) in [5.74, 6) is -0.0733. The number of hydrogen-bond acceptors (Lipinski definition) is 3. The van der Waals surface area contributed by atoms with Crippen molar-refractivity contribution in [2.45, 2.75) is 13.0 Å². The van der Waals surface area contributed by atoms with Crippen molar-refractivity contribution in [1.82, 2.24) is 0 Å². The molecule has 4 heteroatoms. The van der Waals surface area contributed by atoms with Crippen LogP contribution in [-0.2, 0) is 4.79 Å². The van der Waals surface area contributed by atoms with Crippen LogP contribution in [-0.4, -0.2) is 18.5 Å². The van der Waals surface area contributed by atoms with Crippen molar-refractivity contribution in [3.63, 3.8) is 0 Å². The van der Waals surface area contributed by atoms with Crippen molar-refractivity contribution in [3.05, 3.63) is 24.3 Å². The third-order valence-corrected chi connectivity index (χ3v) is 2.46. The van der Waals surface area contributed by atoms with Gasteiger partial charge in [-0.1, -0.05) is 12.1 Å². The van der Waals surface area contributed by atoms with E-state index in [9.17, 15) is 4.79 Å². The Morgan fingerprint density at radius 3 is 3.00 bits per heavy atom. The van der Waals surface area contributed by atoms with Gasteiger partial charge in [0.1, 0.15) is 6.04 Å². The second kappa shape index (κ2) is 3.62. The van der Waals surface area contributed by atoms with Gasteiger partial charge in [-0.25, -0.2) is 0 Å². The van der Waals surface area contributed by atoms with E-state index in [1.807, 2.05) is 24.3 Å². The number of amides is 1. The Hall–Kier alpha value is -2.02. The third-order valence-electron chi connectivity index (χ3n) is 2.46. The first-order valence-electron chi connectivity index (χ1n) is 4.77. The summed E-state index contributed by atoms with van der Waals surface area (Å²) in [5.41, 5.74) is 1.68. The molecular weight excluding hydrogens is 190 g/mol. The van der Waals surface area contributed by atoms with E-state index in [0.29, 0.717) is 0 Å². The Labute approximate surface area is 88.1 Å². The van der Waals surface area contributed by atoms with Crippen LogP contribution in [0, 0.1) is 11.3 Å². The minimum Gasteiger partial charge on any atom is -0.345 e. The maximum atomic E-state index is 11.4. The number of nitrogens with one attached hydrogen (secondary N) is 1. The molecule has 1 unspecified atom stereocenters. The predicted octanol–water partition coefficient (Wildman–Crippen LogP) is 1.36. The van der Waals surface area contributed by atoms with Crippen LogP contribution in [0.15, 0.2) is 24.3 Å². The van der Waals surface area contributed by atoms with Gasteiger partial charge in [0, 0.05) is 0 Å². The zero-order valence-corrected chi connectivity index (χ0v) is 8.40. The van der Waals surface area contributed by atoms with Gasteiger partial charge >= 0.3 is 0 Å². The zero-order chi connectivity index (χ0) is 10.8. The smallest absolute Gasteiger partial charge is 0.243 e. The Bertz CT molecular complexity index is 436. The topological polar surface area (TPSA) is 56.1 Å². The van der Waals surface area contributed by atoms with Crippen molar-refractivity contribution in [1.29, 1.82) is 5.26 Å². The molecule has 1 aromatic carbocycles. The van der Waals surface area contributed by atoms with E-state index in [0.717, 1.165) is 11.4 Å². The lowest BCUT2D eigenvalue weighted by molar-refractivity contribution is -0.115. The molecule has 1 atom stereocenters. The number of rotatable bonds is 1. The molecule has 0 saturated carbocycles. The van der Waals surface area contributed by atoms with Gasteiger partial charge in [-0.3, -0.25) is 4.79 Å². The SMILES string of the molecule is CC(C#N)N1CC(=O)Nc2ccccc21. The van der Waals surface area contributed by atoms with Gasteiger partial charge < -0.3 is 10.2 Å². The number of carbonyl (C=O) groups is 1. The lowest BCUT2D eigenvalue weighted by Gasteiger charge is -2.32. The van der Waals surface area contributed by atoms with E-state index in [2.05, 4.69) is 11.4 Å². The average Bonchev–Trinajstić information content (AvgIpc) is 2.26. The van der Waals surface area contributed by atoms with E-state index < -0.39 is 0 Å². The first-order chi connectivity index (χ1) is 7.22. The molecule has 0 fully saturated rings. The Balaban J connectivity index is 2.43. The van der Waals surface area contributed by atoms with Crippen LogP contribution < -0.4 is 10.2 Å². The van der Waals surface area contributed by atoms with Gasteiger partial charge in [0.25, 0.3) is 0 Å². The highest BCUT2D eigenvalue weighted by Gasteiger charge is 2.24. The van der Waals surface area contributed by atoms with E-state index in [1.165, 1.54) is 0 Å². The lowest BCUT2D eigenvalue weighted by atomic mass is 10.1. The number of nitriles is 1. The van der Waals surface area contributed by atoms with Gasteiger partial charge in [-0.05, 0) is 19.1 Å². The van der Waals surface area contributed by atoms with E-state index >= 15 is 0 Å². The molecule has 1 N–H and O–H groups in total. The second-order valence-electron chi connectivity index (χ2n) is 3.50. The van der Waals surface area contributed by atoms with E-state index in [4.69, 9.17) is 5.26 Å². The molecule has 1 aliphatic heterocycles. The zero-order valence-electron chi connectivity index (χ0n) is 8.40. The van der Waals surface area contributed by atoms with Gasteiger partial charge in [0.05, 0.1) is 24.0 Å². The Morgan fingerprint density at radius 1 is 1.53 bits per heavy atom. The van der Waals surface area contributed by atoms with E-state index in [1.54, 1.807) is 11.8 Å². The molecule has 0 aliphatic carbocycles. The maximum absolute atomic E-state index is 11.4. The largest absolute Gasteiger partial charge is 0.345 e. The fourth-order valence-electron chi connectivity index (χ4n) is 1.67. The first kappa shape index (κ1) is 9.53. The van der Waals surface area contributed by atoms with E-state index in [-0.39, 0.29) is 18.5 Å². The van der Waals surface area contributed by atoms with Crippen LogP contribution in [0.1, 0.15) is 6.92 Å². The summed E-state index contributed by atoms with van der Waals surface area (Å²) in [6, 6.07) is 9.35. The molecule has 1 amide bonds. The number of carbonyl (C=O) groups excluding carboxylic acids is 1. The molecule has 0 radical (unpaired) electrons. The summed E-state index contributed by atoms with van der Waals surface area (Å²) < 4.78 is 0. The summed E-state index contributed by atoms with van der Waals surface area (Å²) in [4.78, 5) is 13.2. The van der Waals surface area contributed by atoms with Gasteiger partial charge in [0.15, 0.2) is 0 Å². The molecule has 76 valence electrons. The first-order valence-corrected chi connectivity index (χ1v) is 4.77. The van der Waals surface area contributed by atoms with Crippen LogP contribution in [0.2, 0.25) is 0 Å². The van der Waals surface area contributed by atoms with Crippen LogP contribution in [0.4, 0.5) is 11.4 Å². The van der Waals surface area contributed by atoms with Gasteiger partial charge in [-0.15, -0.1) is 0 Å². The fourth-order valence-corrected chi connectivity index (χ4v) is 1.67. The number of fused-ring (bicyclic) bond motifs is 1. The number of benzene rings is 1. The second-order valence-corrected chi connectivity index (χ2v) is 3.50. The normalized spacial score (nSPS) is 16.3. The predicted molar refractivity (Wildman–Crippen MR) is 57.5 cm³/mol. The molecular formula is C11H11N3O. The molecule has 0 aromatic heterocycles. The highest BCUT2D eigenvalue weighted by Crippen LogP contribution is 2.29. The minimum atomic E-state index is -0.294. The van der Waals surface area contributed by atoms with Crippen molar-refractivity contribution >= 4 is 17.3 Å². The number of nitrogens with zero attached hydrogens (tertiary/aromatic N) is 2. The van der Waals surface area contributed by atoms with Crippen LogP contribution in [0.3, 0.4) is 0 Å². The summed E-state index contributed by atoms with van der Waals surface area (Å²) in [5, 5.41) is 11.7. The lowest BCUT2D eigenvalue weighted by Crippen LogP contribution is -2.42. The monoisotopic (exact) mass is 201 g/mol. The molecule has 1 heterocycles. The molecule has 4 nitrogen and oxygen atoms in total. The van der Waals surface area contributed by atoms with Gasteiger partial charge in [0.2, 0.25) is 5.91 Å². The standard InChI is InChI=1S/C11H11N3O/c1-8(6-12)14-7-11(15)13-9-4-2-3-5-10(9)14/h2-5,8H,7H2,1H3,(H,13,15). The quantitative estimate of drug-likeness (QED) is 0.746.